The second-order valence-corrected chi connectivity index (χ2v) is 7.95. The largest absolute Gasteiger partial charge is 0.495 e. The minimum atomic E-state index is -3.90. The Bertz CT molecular complexity index is 1000. The molecule has 0 fully saturated rings. The van der Waals surface area contributed by atoms with Gasteiger partial charge >= 0.3 is 5.97 Å². The highest BCUT2D eigenvalue weighted by Crippen LogP contribution is 2.37. The van der Waals surface area contributed by atoms with E-state index < -0.39 is 16.0 Å². The average Bonchev–Trinajstić information content (AvgIpc) is 3.03. The number of aliphatic carboxylic acids is 1. The lowest BCUT2D eigenvalue weighted by molar-refractivity contribution is -0.131. The summed E-state index contributed by atoms with van der Waals surface area (Å²) in [5.41, 5.74) is 1.89. The van der Waals surface area contributed by atoms with E-state index in [4.69, 9.17) is 21.4 Å². The van der Waals surface area contributed by atoms with Crippen LogP contribution in [0.4, 0.5) is 5.69 Å². The molecule has 26 heavy (non-hydrogen) atoms. The monoisotopic (exact) mass is 393 g/mol. The van der Waals surface area contributed by atoms with E-state index in [0.29, 0.717) is 29.2 Å². The van der Waals surface area contributed by atoms with Gasteiger partial charge in [0.15, 0.2) is 0 Å². The van der Waals surface area contributed by atoms with Gasteiger partial charge in [0.25, 0.3) is 10.0 Å². The van der Waals surface area contributed by atoms with Crippen LogP contribution in [0.25, 0.3) is 6.08 Å². The first-order valence-corrected chi connectivity index (χ1v) is 9.55. The van der Waals surface area contributed by atoms with E-state index in [1.165, 1.54) is 29.6 Å². The lowest BCUT2D eigenvalue weighted by Crippen LogP contribution is -2.29. The molecule has 1 aliphatic rings. The number of hydrogen-bond donors (Lipinski definition) is 1. The SMILES string of the molecule is COc1ccc(/C=C/C(=O)O)cc1S(=O)(=O)N1CCc2ccc(Cl)cc21. The fourth-order valence-electron chi connectivity index (χ4n) is 2.86. The predicted molar refractivity (Wildman–Crippen MR) is 99.4 cm³/mol. The average molecular weight is 394 g/mol. The second kappa shape index (κ2) is 7.01. The minimum Gasteiger partial charge on any atom is -0.495 e. The van der Waals surface area contributed by atoms with Gasteiger partial charge in [-0.05, 0) is 47.9 Å². The topological polar surface area (TPSA) is 83.9 Å². The van der Waals surface area contributed by atoms with Crippen LogP contribution in [0, 0.1) is 0 Å². The van der Waals surface area contributed by atoms with E-state index in [9.17, 15) is 13.2 Å². The van der Waals surface area contributed by atoms with Gasteiger partial charge in [-0.15, -0.1) is 0 Å². The first-order chi connectivity index (χ1) is 12.3. The van der Waals surface area contributed by atoms with Crippen molar-refractivity contribution in [2.45, 2.75) is 11.3 Å². The van der Waals surface area contributed by atoms with Crippen LogP contribution in [0.15, 0.2) is 47.4 Å². The van der Waals surface area contributed by atoms with Crippen molar-refractivity contribution in [2.75, 3.05) is 18.0 Å². The van der Waals surface area contributed by atoms with Crippen molar-refractivity contribution in [3.8, 4) is 5.75 Å². The van der Waals surface area contributed by atoms with Gasteiger partial charge in [-0.3, -0.25) is 4.31 Å². The molecule has 6 nitrogen and oxygen atoms in total. The molecule has 0 aromatic heterocycles. The summed E-state index contributed by atoms with van der Waals surface area (Å²) >= 11 is 6.03. The lowest BCUT2D eigenvalue weighted by Gasteiger charge is -2.21. The first-order valence-electron chi connectivity index (χ1n) is 7.73. The van der Waals surface area contributed by atoms with Crippen molar-refractivity contribution < 1.29 is 23.1 Å². The van der Waals surface area contributed by atoms with Crippen LogP contribution in [0.1, 0.15) is 11.1 Å². The standard InChI is InChI=1S/C18H16ClNO5S/c1-25-16-6-2-12(3-7-18(21)22)10-17(16)26(23,24)20-9-8-13-4-5-14(19)11-15(13)20/h2-7,10-11H,8-9H2,1H3,(H,21,22)/b7-3+. The highest BCUT2D eigenvalue weighted by Gasteiger charge is 2.33. The summed E-state index contributed by atoms with van der Waals surface area (Å²) in [6.45, 7) is 0.302. The summed E-state index contributed by atoms with van der Waals surface area (Å²) < 4.78 is 33.0. The molecule has 136 valence electrons. The number of halogens is 1. The van der Waals surface area contributed by atoms with Gasteiger partial charge in [0.05, 0.1) is 12.8 Å². The Labute approximate surface area is 156 Å². The van der Waals surface area contributed by atoms with Crippen molar-refractivity contribution in [3.05, 3.63) is 58.6 Å². The van der Waals surface area contributed by atoms with Gasteiger partial charge in [0, 0.05) is 17.6 Å². The fraction of sp³-hybridized carbons (Fsp3) is 0.167. The molecule has 0 bridgehead atoms. The van der Waals surface area contributed by atoms with Crippen LogP contribution >= 0.6 is 11.6 Å². The molecule has 8 heteroatoms. The Balaban J connectivity index is 2.09. The number of sulfonamides is 1. The molecular weight excluding hydrogens is 378 g/mol. The van der Waals surface area contributed by atoms with Gasteiger partial charge in [-0.1, -0.05) is 23.7 Å². The van der Waals surface area contributed by atoms with Gasteiger partial charge in [-0.2, -0.15) is 0 Å². The molecule has 0 spiro atoms. The fourth-order valence-corrected chi connectivity index (χ4v) is 4.71. The first kappa shape index (κ1) is 18.3. The van der Waals surface area contributed by atoms with Crippen LogP contribution < -0.4 is 9.04 Å². The third-order valence-electron chi connectivity index (χ3n) is 4.07. The van der Waals surface area contributed by atoms with Crippen molar-refractivity contribution in [2.24, 2.45) is 0 Å². The molecule has 1 heterocycles. The van der Waals surface area contributed by atoms with E-state index in [-0.39, 0.29) is 10.6 Å². The molecule has 0 atom stereocenters. The number of benzene rings is 2. The minimum absolute atomic E-state index is 0.0274. The van der Waals surface area contributed by atoms with Crippen molar-refractivity contribution in [3.63, 3.8) is 0 Å². The highest BCUT2D eigenvalue weighted by molar-refractivity contribution is 7.93. The number of carboxylic acids is 1. The van der Waals surface area contributed by atoms with Gasteiger partial charge in [0.2, 0.25) is 0 Å². The van der Waals surface area contributed by atoms with Crippen LogP contribution in [-0.4, -0.2) is 33.1 Å². The molecule has 3 rings (SSSR count). The summed E-state index contributed by atoms with van der Waals surface area (Å²) in [7, 11) is -2.52. The van der Waals surface area contributed by atoms with Gasteiger partial charge in [-0.25, -0.2) is 13.2 Å². The maximum Gasteiger partial charge on any atom is 0.328 e. The summed E-state index contributed by atoms with van der Waals surface area (Å²) in [5, 5.41) is 9.22. The molecule has 1 aliphatic heterocycles. The number of fused-ring (bicyclic) bond motifs is 1. The van der Waals surface area contributed by atoms with E-state index in [1.54, 1.807) is 18.2 Å². The van der Waals surface area contributed by atoms with E-state index in [1.807, 2.05) is 6.07 Å². The predicted octanol–water partition coefficient (Wildman–Crippen LogP) is 3.20. The number of carbonyl (C=O) groups is 1. The van der Waals surface area contributed by atoms with Crippen molar-refractivity contribution >= 4 is 39.4 Å². The lowest BCUT2D eigenvalue weighted by atomic mass is 10.2. The molecule has 0 aliphatic carbocycles. The smallest absolute Gasteiger partial charge is 0.328 e. The Kier molecular flexibility index (Phi) is 4.93. The molecule has 0 amide bonds. The normalized spacial score (nSPS) is 13.8. The van der Waals surface area contributed by atoms with Crippen LogP contribution in [0.2, 0.25) is 5.02 Å². The maximum atomic E-state index is 13.2. The molecule has 1 N–H and O–H groups in total. The number of hydrogen-bond acceptors (Lipinski definition) is 4. The molecule has 0 saturated heterocycles. The number of anilines is 1. The molecule has 2 aromatic rings. The van der Waals surface area contributed by atoms with Crippen LogP contribution in [-0.2, 0) is 21.2 Å². The quantitative estimate of drug-likeness (QED) is 0.788. The summed E-state index contributed by atoms with van der Waals surface area (Å²) in [6, 6.07) is 9.67. The Morgan fingerprint density at radius 3 is 2.73 bits per heavy atom. The van der Waals surface area contributed by atoms with Gasteiger partial charge < -0.3 is 9.84 Å². The van der Waals surface area contributed by atoms with E-state index in [2.05, 4.69) is 0 Å². The summed E-state index contributed by atoms with van der Waals surface area (Å²) in [6.07, 6.45) is 2.87. The summed E-state index contributed by atoms with van der Waals surface area (Å²) in [4.78, 5) is 10.7. The molecule has 0 saturated carbocycles. The third-order valence-corrected chi connectivity index (χ3v) is 6.14. The number of methoxy groups -OCH3 is 1. The molecule has 2 aromatic carbocycles. The maximum absolute atomic E-state index is 13.2. The van der Waals surface area contributed by atoms with Gasteiger partial charge in [0.1, 0.15) is 10.6 Å². The van der Waals surface area contributed by atoms with E-state index >= 15 is 0 Å². The zero-order valence-electron chi connectivity index (χ0n) is 13.8. The summed E-state index contributed by atoms with van der Waals surface area (Å²) in [5.74, 6) is -0.929. The van der Waals surface area contributed by atoms with Crippen LogP contribution in [0.5, 0.6) is 5.75 Å². The van der Waals surface area contributed by atoms with E-state index in [0.717, 1.165) is 11.6 Å². The number of ether oxygens (including phenoxy) is 1. The third kappa shape index (κ3) is 3.40. The zero-order valence-corrected chi connectivity index (χ0v) is 15.4. The number of rotatable bonds is 5. The highest BCUT2D eigenvalue weighted by atomic mass is 35.5. The number of carboxylic acid groups (broad SMARTS) is 1. The Hall–Kier alpha value is -2.51. The Morgan fingerprint density at radius 2 is 2.04 bits per heavy atom. The molecule has 0 unspecified atom stereocenters. The molecular formula is C18H16ClNO5S. The second-order valence-electron chi connectivity index (χ2n) is 5.68. The molecule has 0 radical (unpaired) electrons. The van der Waals surface area contributed by atoms with Crippen LogP contribution in [0.3, 0.4) is 0 Å². The van der Waals surface area contributed by atoms with Crippen molar-refractivity contribution in [1.82, 2.24) is 0 Å². The number of nitrogens with zero attached hydrogens (tertiary/aromatic N) is 1. The zero-order chi connectivity index (χ0) is 18.9. The Morgan fingerprint density at radius 1 is 1.27 bits per heavy atom. The van der Waals surface area contributed by atoms with Crippen molar-refractivity contribution in [1.29, 1.82) is 0 Å².